The third-order valence-corrected chi connectivity index (χ3v) is 4.63. The summed E-state index contributed by atoms with van der Waals surface area (Å²) in [6.45, 7) is 5.41. The summed E-state index contributed by atoms with van der Waals surface area (Å²) < 4.78 is 26.8. The topological polar surface area (TPSA) is 86.9 Å². The molecule has 0 aliphatic rings. The lowest BCUT2D eigenvalue weighted by Crippen LogP contribution is -2.51. The molecule has 31 heavy (non-hydrogen) atoms. The highest BCUT2D eigenvalue weighted by Gasteiger charge is 2.33. The van der Waals surface area contributed by atoms with Crippen molar-refractivity contribution in [2.45, 2.75) is 33.2 Å². The second-order valence-electron chi connectivity index (χ2n) is 8.34. The summed E-state index contributed by atoms with van der Waals surface area (Å²) in [5, 5.41) is 12.4. The quantitative estimate of drug-likeness (QED) is 0.555. The van der Waals surface area contributed by atoms with Crippen LogP contribution >= 0.6 is 0 Å². The van der Waals surface area contributed by atoms with Crippen molar-refractivity contribution in [3.8, 4) is 11.3 Å². The molecule has 1 unspecified atom stereocenters. The minimum Gasteiger partial charge on any atom is -0.344 e. The van der Waals surface area contributed by atoms with E-state index in [1.165, 1.54) is 0 Å². The highest BCUT2D eigenvalue weighted by Crippen LogP contribution is 2.23. The number of amides is 2. The molecule has 0 spiro atoms. The van der Waals surface area contributed by atoms with Crippen molar-refractivity contribution in [3.63, 3.8) is 0 Å². The molecule has 8 heteroatoms. The third-order valence-electron chi connectivity index (χ3n) is 4.63. The Hall–Kier alpha value is -3.55. The van der Waals surface area contributed by atoms with E-state index in [4.69, 9.17) is 0 Å². The molecule has 1 heterocycles. The van der Waals surface area contributed by atoms with Gasteiger partial charge in [0.2, 0.25) is 11.8 Å². The Bertz CT molecular complexity index is 1050. The van der Waals surface area contributed by atoms with Gasteiger partial charge in [0.05, 0.1) is 12.1 Å². The van der Waals surface area contributed by atoms with E-state index in [9.17, 15) is 18.4 Å². The lowest BCUT2D eigenvalue weighted by atomic mass is 9.86. The molecule has 2 amide bonds. The number of nitrogens with zero attached hydrogens (tertiary/aromatic N) is 1. The van der Waals surface area contributed by atoms with Crippen LogP contribution in [0.2, 0.25) is 0 Å². The number of rotatable bonds is 6. The van der Waals surface area contributed by atoms with Gasteiger partial charge in [-0.25, -0.2) is 8.78 Å². The molecular weight excluding hydrogens is 402 g/mol. The zero-order chi connectivity index (χ0) is 22.6. The average Bonchev–Trinajstić information content (AvgIpc) is 3.13. The minimum absolute atomic E-state index is 0.183. The molecule has 162 valence electrons. The fourth-order valence-corrected chi connectivity index (χ4v) is 3.14. The first-order chi connectivity index (χ1) is 14.6. The van der Waals surface area contributed by atoms with Crippen molar-refractivity contribution in [2.24, 2.45) is 5.41 Å². The summed E-state index contributed by atoms with van der Waals surface area (Å²) >= 11 is 0. The van der Waals surface area contributed by atoms with E-state index in [-0.39, 0.29) is 12.0 Å². The van der Waals surface area contributed by atoms with Gasteiger partial charge in [-0.2, -0.15) is 5.10 Å². The minimum atomic E-state index is -0.893. The Labute approximate surface area is 179 Å². The van der Waals surface area contributed by atoms with E-state index >= 15 is 0 Å². The normalized spacial score (nSPS) is 12.3. The van der Waals surface area contributed by atoms with Gasteiger partial charge in [0.25, 0.3) is 0 Å². The molecule has 0 aliphatic carbocycles. The van der Waals surface area contributed by atoms with Gasteiger partial charge in [0, 0.05) is 12.1 Å². The predicted molar refractivity (Wildman–Crippen MR) is 114 cm³/mol. The van der Waals surface area contributed by atoms with E-state index in [2.05, 4.69) is 20.8 Å². The first-order valence-corrected chi connectivity index (χ1v) is 9.78. The number of carbonyl (C=O) groups is 2. The number of anilines is 1. The van der Waals surface area contributed by atoms with Crippen LogP contribution in [0.25, 0.3) is 11.3 Å². The van der Waals surface area contributed by atoms with Crippen LogP contribution in [0.4, 0.5) is 14.6 Å². The van der Waals surface area contributed by atoms with Gasteiger partial charge in [-0.15, -0.1) is 0 Å². The number of aromatic amines is 1. The van der Waals surface area contributed by atoms with Gasteiger partial charge in [-0.1, -0.05) is 51.1 Å². The molecule has 0 fully saturated rings. The fraction of sp³-hybridized carbons (Fsp3) is 0.261. The van der Waals surface area contributed by atoms with Gasteiger partial charge >= 0.3 is 0 Å². The van der Waals surface area contributed by atoms with Crippen LogP contribution in [0.1, 0.15) is 26.3 Å². The van der Waals surface area contributed by atoms with Crippen LogP contribution in [0.3, 0.4) is 0 Å². The van der Waals surface area contributed by atoms with E-state index in [1.54, 1.807) is 26.8 Å². The van der Waals surface area contributed by atoms with Gasteiger partial charge in [-0.3, -0.25) is 14.7 Å². The SMILES string of the molecule is CC(C)(C)C(NC(=O)Cc1cc(F)cc(F)c1)C(=O)Nc1cc(-c2ccccc2)[nH]n1. The second kappa shape index (κ2) is 9.07. The summed E-state index contributed by atoms with van der Waals surface area (Å²) in [7, 11) is 0. The van der Waals surface area contributed by atoms with Crippen LogP contribution in [0.5, 0.6) is 0 Å². The molecule has 3 rings (SSSR count). The molecule has 3 aromatic rings. The Morgan fingerprint density at radius 3 is 2.29 bits per heavy atom. The summed E-state index contributed by atoms with van der Waals surface area (Å²) in [5.41, 5.74) is 1.22. The maximum absolute atomic E-state index is 13.4. The monoisotopic (exact) mass is 426 g/mol. The maximum atomic E-state index is 13.4. The van der Waals surface area contributed by atoms with Crippen LogP contribution in [0, 0.1) is 17.0 Å². The molecule has 1 aromatic heterocycles. The molecule has 0 bridgehead atoms. The molecule has 0 saturated carbocycles. The highest BCUT2D eigenvalue weighted by atomic mass is 19.1. The third kappa shape index (κ3) is 5.97. The maximum Gasteiger partial charge on any atom is 0.248 e. The summed E-state index contributed by atoms with van der Waals surface area (Å²) in [6, 6.07) is 13.2. The lowest BCUT2D eigenvalue weighted by Gasteiger charge is -2.30. The zero-order valence-electron chi connectivity index (χ0n) is 17.5. The molecule has 3 N–H and O–H groups in total. The van der Waals surface area contributed by atoms with Crippen molar-refractivity contribution in [2.75, 3.05) is 5.32 Å². The summed E-state index contributed by atoms with van der Waals surface area (Å²) in [6.07, 6.45) is -0.255. The number of hydrogen-bond acceptors (Lipinski definition) is 3. The Morgan fingerprint density at radius 1 is 1.03 bits per heavy atom. The van der Waals surface area contributed by atoms with E-state index in [0.717, 1.165) is 29.5 Å². The molecular formula is C23H24F2N4O2. The largest absolute Gasteiger partial charge is 0.344 e. The fourth-order valence-electron chi connectivity index (χ4n) is 3.14. The second-order valence-corrected chi connectivity index (χ2v) is 8.34. The van der Waals surface area contributed by atoms with Crippen LogP contribution in [0.15, 0.2) is 54.6 Å². The molecule has 2 aromatic carbocycles. The molecule has 0 saturated heterocycles. The number of nitrogens with one attached hydrogen (secondary N) is 3. The molecule has 1 atom stereocenters. The van der Waals surface area contributed by atoms with Gasteiger partial charge in [-0.05, 0) is 28.7 Å². The highest BCUT2D eigenvalue weighted by molar-refractivity contribution is 5.97. The Balaban J connectivity index is 1.70. The van der Waals surface area contributed by atoms with Gasteiger partial charge < -0.3 is 10.6 Å². The van der Waals surface area contributed by atoms with Gasteiger partial charge in [0.1, 0.15) is 17.7 Å². The number of H-pyrrole nitrogens is 1. The lowest BCUT2D eigenvalue weighted by molar-refractivity contribution is -0.128. The first kappa shape index (κ1) is 22.1. The summed E-state index contributed by atoms with van der Waals surface area (Å²) in [5.74, 6) is -2.18. The zero-order valence-corrected chi connectivity index (χ0v) is 17.5. The van der Waals surface area contributed by atoms with Gasteiger partial charge in [0.15, 0.2) is 5.82 Å². The van der Waals surface area contributed by atoms with Crippen molar-refractivity contribution in [1.82, 2.24) is 15.5 Å². The van der Waals surface area contributed by atoms with E-state index in [0.29, 0.717) is 5.82 Å². The molecule has 6 nitrogen and oxygen atoms in total. The van der Waals surface area contributed by atoms with E-state index < -0.39 is 34.9 Å². The average molecular weight is 426 g/mol. The number of benzene rings is 2. The standard InChI is InChI=1S/C23H24F2N4O2/c1-23(2,3)21(27-20(30)11-14-9-16(24)12-17(25)10-14)22(31)26-19-13-18(28-29-19)15-7-5-4-6-8-15/h4-10,12-13,21H,11H2,1-3H3,(H,27,30)(H2,26,28,29,31). The van der Waals surface area contributed by atoms with Crippen molar-refractivity contribution in [1.29, 1.82) is 0 Å². The Morgan fingerprint density at radius 2 is 1.68 bits per heavy atom. The van der Waals surface area contributed by atoms with E-state index in [1.807, 2.05) is 30.3 Å². The van der Waals surface area contributed by atoms with Crippen LogP contribution in [-0.4, -0.2) is 28.1 Å². The number of aromatic nitrogens is 2. The number of hydrogen-bond donors (Lipinski definition) is 3. The van der Waals surface area contributed by atoms with Crippen molar-refractivity contribution >= 4 is 17.6 Å². The summed E-state index contributed by atoms with van der Waals surface area (Å²) in [4.78, 5) is 25.4. The predicted octanol–water partition coefficient (Wildman–Crippen LogP) is 4.07. The molecule has 0 radical (unpaired) electrons. The smallest absolute Gasteiger partial charge is 0.248 e. The molecule has 0 aliphatic heterocycles. The number of halogens is 2. The first-order valence-electron chi connectivity index (χ1n) is 9.78. The van der Waals surface area contributed by atoms with Crippen LogP contribution in [-0.2, 0) is 16.0 Å². The van der Waals surface area contributed by atoms with Crippen molar-refractivity contribution in [3.05, 3.63) is 71.8 Å². The van der Waals surface area contributed by atoms with Crippen molar-refractivity contribution < 1.29 is 18.4 Å². The van der Waals surface area contributed by atoms with Crippen LogP contribution < -0.4 is 10.6 Å². The number of carbonyl (C=O) groups excluding carboxylic acids is 2. The Kier molecular flexibility index (Phi) is 6.48.